The van der Waals surface area contributed by atoms with Crippen LogP contribution in [0, 0.1) is 0 Å². The molecule has 0 spiro atoms. The number of thiazole rings is 1. The number of morpholine rings is 1. The molecule has 0 unspecified atom stereocenters. The number of hydrogen-bond acceptors (Lipinski definition) is 7. The fourth-order valence-corrected chi connectivity index (χ4v) is 3.72. The normalized spacial score (nSPS) is 22.4. The van der Waals surface area contributed by atoms with Gasteiger partial charge in [0.1, 0.15) is 15.6 Å². The van der Waals surface area contributed by atoms with Gasteiger partial charge in [-0.3, -0.25) is 14.8 Å². The first-order valence-corrected chi connectivity index (χ1v) is 8.74. The maximum Gasteiger partial charge on any atom is 0.265 e. The van der Waals surface area contributed by atoms with Crippen molar-refractivity contribution >= 4 is 17.2 Å². The lowest BCUT2D eigenvalue weighted by molar-refractivity contribution is -0.0585. The molecule has 7 nitrogen and oxygen atoms in total. The van der Waals surface area contributed by atoms with Crippen LogP contribution in [-0.4, -0.2) is 51.1 Å². The highest BCUT2D eigenvalue weighted by Gasteiger charge is 2.28. The van der Waals surface area contributed by atoms with E-state index in [1.807, 2.05) is 25.7 Å². The topological polar surface area (TPSA) is 94.2 Å². The number of amides is 1. The molecule has 2 aromatic heterocycles. The average molecular weight is 347 g/mol. The molecule has 3 rings (SSSR count). The van der Waals surface area contributed by atoms with Crippen molar-refractivity contribution in [2.24, 2.45) is 5.73 Å². The minimum Gasteiger partial charge on any atom is -0.372 e. The van der Waals surface area contributed by atoms with Crippen molar-refractivity contribution in [2.45, 2.75) is 39.0 Å². The molecule has 2 N–H and O–H groups in total. The van der Waals surface area contributed by atoms with Gasteiger partial charge in [-0.05, 0) is 20.8 Å². The molecule has 3 heterocycles. The summed E-state index contributed by atoms with van der Waals surface area (Å²) in [6.45, 7) is 6.98. The smallest absolute Gasteiger partial charge is 0.265 e. The number of rotatable bonds is 3. The molecule has 2 aromatic rings. The van der Waals surface area contributed by atoms with Crippen molar-refractivity contribution in [1.29, 1.82) is 0 Å². The number of aromatic nitrogens is 3. The largest absolute Gasteiger partial charge is 0.372 e. The first kappa shape index (κ1) is 16.9. The van der Waals surface area contributed by atoms with Crippen LogP contribution in [0.4, 0.5) is 0 Å². The summed E-state index contributed by atoms with van der Waals surface area (Å²) in [6.07, 6.45) is 4.89. The molecule has 128 valence electrons. The Labute approximate surface area is 144 Å². The Balaban J connectivity index is 1.85. The van der Waals surface area contributed by atoms with E-state index in [-0.39, 0.29) is 24.2 Å². The van der Waals surface area contributed by atoms with Crippen molar-refractivity contribution in [1.82, 2.24) is 19.9 Å². The lowest BCUT2D eigenvalue weighted by Gasteiger charge is -2.35. The first-order chi connectivity index (χ1) is 11.5. The lowest BCUT2D eigenvalue weighted by atomic mass is 10.2. The number of carbonyl (C=O) groups is 1. The highest BCUT2D eigenvalue weighted by atomic mass is 32.1. The molecular formula is C16H21N5O2S. The van der Waals surface area contributed by atoms with E-state index in [9.17, 15) is 4.79 Å². The third-order valence-electron chi connectivity index (χ3n) is 3.78. The second kappa shape index (κ2) is 6.92. The zero-order valence-electron chi connectivity index (χ0n) is 14.0. The number of carbonyl (C=O) groups excluding carboxylic acids is 1. The van der Waals surface area contributed by atoms with E-state index < -0.39 is 0 Å². The standard InChI is InChI=1S/C16H21N5O2S/c1-9-7-21(8-10(2)23-9)16(22)12-6-20-15(24-12)14-13(11(3)17)18-4-5-19-14/h4-6,9-11H,7-8,17H2,1-3H3/t9-,10+,11-/m0/s1. The first-order valence-electron chi connectivity index (χ1n) is 7.93. The summed E-state index contributed by atoms with van der Waals surface area (Å²) in [6, 6.07) is -0.252. The molecule has 3 atom stereocenters. The maximum atomic E-state index is 12.7. The van der Waals surface area contributed by atoms with E-state index in [1.165, 1.54) is 11.3 Å². The number of hydrogen-bond donors (Lipinski definition) is 1. The molecule has 1 aliphatic rings. The number of nitrogens with two attached hydrogens (primary N) is 1. The van der Waals surface area contributed by atoms with Gasteiger partial charge < -0.3 is 15.4 Å². The van der Waals surface area contributed by atoms with Gasteiger partial charge in [0.15, 0.2) is 0 Å². The summed E-state index contributed by atoms with van der Waals surface area (Å²) >= 11 is 1.32. The van der Waals surface area contributed by atoms with Crippen LogP contribution in [0.15, 0.2) is 18.6 Å². The van der Waals surface area contributed by atoms with Crippen LogP contribution < -0.4 is 5.73 Å². The minimum absolute atomic E-state index is 0.0213. The highest BCUT2D eigenvalue weighted by molar-refractivity contribution is 7.16. The second-order valence-corrected chi connectivity index (χ2v) is 7.11. The Hall–Kier alpha value is -1.90. The molecule has 0 bridgehead atoms. The summed E-state index contributed by atoms with van der Waals surface area (Å²) in [5.41, 5.74) is 7.27. The van der Waals surface area contributed by atoms with Gasteiger partial charge in [-0.1, -0.05) is 0 Å². The Bertz CT molecular complexity index is 723. The summed E-state index contributed by atoms with van der Waals surface area (Å²) in [5.74, 6) is -0.0213. The van der Waals surface area contributed by atoms with Crippen LogP contribution >= 0.6 is 11.3 Å². The molecular weight excluding hydrogens is 326 g/mol. The van der Waals surface area contributed by atoms with E-state index >= 15 is 0 Å². The highest BCUT2D eigenvalue weighted by Crippen LogP contribution is 2.28. The summed E-state index contributed by atoms with van der Waals surface area (Å²) in [5, 5.41) is 0.660. The van der Waals surface area contributed by atoms with E-state index in [0.29, 0.717) is 34.4 Å². The Morgan fingerprint density at radius 2 is 1.96 bits per heavy atom. The zero-order valence-corrected chi connectivity index (χ0v) is 14.8. The molecule has 0 aliphatic carbocycles. The van der Waals surface area contributed by atoms with E-state index in [0.717, 1.165) is 0 Å². The molecule has 1 saturated heterocycles. The fraction of sp³-hybridized carbons (Fsp3) is 0.500. The monoisotopic (exact) mass is 347 g/mol. The zero-order chi connectivity index (χ0) is 17.3. The van der Waals surface area contributed by atoms with E-state index in [1.54, 1.807) is 18.6 Å². The van der Waals surface area contributed by atoms with Crippen molar-refractivity contribution in [3.05, 3.63) is 29.2 Å². The quantitative estimate of drug-likeness (QED) is 0.911. The predicted octanol–water partition coefficient (Wildman–Crippen LogP) is 1.87. The van der Waals surface area contributed by atoms with Crippen LogP contribution in [0.1, 0.15) is 42.2 Å². The number of ether oxygens (including phenoxy) is 1. The molecule has 0 radical (unpaired) electrons. The van der Waals surface area contributed by atoms with E-state index in [4.69, 9.17) is 10.5 Å². The average Bonchev–Trinajstić information content (AvgIpc) is 3.03. The van der Waals surface area contributed by atoms with Crippen LogP contribution in [-0.2, 0) is 4.74 Å². The molecule has 24 heavy (non-hydrogen) atoms. The van der Waals surface area contributed by atoms with Gasteiger partial charge in [0.2, 0.25) is 0 Å². The molecule has 1 fully saturated rings. The van der Waals surface area contributed by atoms with E-state index in [2.05, 4.69) is 15.0 Å². The van der Waals surface area contributed by atoms with Crippen molar-refractivity contribution < 1.29 is 9.53 Å². The van der Waals surface area contributed by atoms with Gasteiger partial charge >= 0.3 is 0 Å². The van der Waals surface area contributed by atoms with Crippen LogP contribution in [0.3, 0.4) is 0 Å². The Morgan fingerprint density at radius 3 is 2.62 bits per heavy atom. The van der Waals surface area contributed by atoms with Gasteiger partial charge in [-0.25, -0.2) is 4.98 Å². The Morgan fingerprint density at radius 1 is 1.29 bits per heavy atom. The van der Waals surface area contributed by atoms with Crippen LogP contribution in [0.25, 0.3) is 10.7 Å². The SMILES string of the molecule is C[C@@H]1CN(C(=O)c2cnc(-c3nccnc3[C@H](C)N)s2)C[C@H](C)O1. The maximum absolute atomic E-state index is 12.7. The van der Waals surface area contributed by atoms with Crippen molar-refractivity contribution in [2.75, 3.05) is 13.1 Å². The van der Waals surface area contributed by atoms with Gasteiger partial charge in [0, 0.05) is 31.5 Å². The third kappa shape index (κ3) is 3.45. The summed E-state index contributed by atoms with van der Waals surface area (Å²) in [7, 11) is 0. The van der Waals surface area contributed by atoms with Crippen molar-refractivity contribution in [3.63, 3.8) is 0 Å². The predicted molar refractivity (Wildman–Crippen MR) is 91.7 cm³/mol. The van der Waals surface area contributed by atoms with Gasteiger partial charge in [0.25, 0.3) is 5.91 Å². The minimum atomic E-state index is -0.252. The fourth-order valence-electron chi connectivity index (χ4n) is 2.83. The van der Waals surface area contributed by atoms with Crippen LogP contribution in [0.2, 0.25) is 0 Å². The molecule has 0 saturated carbocycles. The van der Waals surface area contributed by atoms with Crippen LogP contribution in [0.5, 0.6) is 0 Å². The van der Waals surface area contributed by atoms with Gasteiger partial charge in [0.05, 0.1) is 24.1 Å². The summed E-state index contributed by atoms with van der Waals surface area (Å²) < 4.78 is 5.68. The molecule has 1 amide bonds. The summed E-state index contributed by atoms with van der Waals surface area (Å²) in [4.78, 5) is 28.1. The van der Waals surface area contributed by atoms with Gasteiger partial charge in [-0.15, -0.1) is 11.3 Å². The molecule has 0 aromatic carbocycles. The lowest BCUT2D eigenvalue weighted by Crippen LogP contribution is -2.48. The second-order valence-electron chi connectivity index (χ2n) is 6.08. The van der Waals surface area contributed by atoms with Crippen molar-refractivity contribution in [3.8, 4) is 10.7 Å². The Kier molecular flexibility index (Phi) is 4.88. The molecule has 1 aliphatic heterocycles. The van der Waals surface area contributed by atoms with Gasteiger partial charge in [-0.2, -0.15) is 0 Å². The molecule has 8 heteroatoms. The number of nitrogens with zero attached hydrogens (tertiary/aromatic N) is 4. The third-order valence-corrected chi connectivity index (χ3v) is 4.78.